The number of nitrogens with two attached hydrogens (primary N) is 1. The highest BCUT2D eigenvalue weighted by Crippen LogP contribution is 2.33. The first kappa shape index (κ1) is 14.0. The number of alkyl halides is 3. The fourth-order valence-electron chi connectivity index (χ4n) is 1.79. The molecule has 0 saturated heterocycles. The summed E-state index contributed by atoms with van der Waals surface area (Å²) in [7, 11) is 1.51. The Balaban J connectivity index is 2.33. The van der Waals surface area contributed by atoms with E-state index in [0.717, 1.165) is 0 Å². The van der Waals surface area contributed by atoms with Crippen molar-refractivity contribution in [3.63, 3.8) is 0 Å². The molecule has 0 fully saturated rings. The lowest BCUT2D eigenvalue weighted by molar-refractivity contribution is -0.274. The van der Waals surface area contributed by atoms with Crippen molar-refractivity contribution >= 4 is 5.69 Å². The minimum atomic E-state index is -4.70. The molecule has 0 atom stereocenters. The second-order valence-electron chi connectivity index (χ2n) is 4.03. The highest BCUT2D eigenvalue weighted by Gasteiger charge is 2.30. The molecule has 0 heterocycles. The number of methoxy groups -OCH3 is 1. The van der Waals surface area contributed by atoms with E-state index >= 15 is 0 Å². The predicted molar refractivity (Wildman–Crippen MR) is 69.5 cm³/mol. The van der Waals surface area contributed by atoms with E-state index < -0.39 is 6.36 Å². The summed E-state index contributed by atoms with van der Waals surface area (Å²) in [6.45, 7) is 0. The van der Waals surface area contributed by atoms with Crippen molar-refractivity contribution < 1.29 is 22.6 Å². The molecule has 0 radical (unpaired) electrons. The van der Waals surface area contributed by atoms with Gasteiger partial charge in [0.15, 0.2) is 0 Å². The summed E-state index contributed by atoms with van der Waals surface area (Å²) in [6, 6.07) is 10.6. The molecule has 0 aromatic heterocycles. The quantitative estimate of drug-likeness (QED) is 0.870. The van der Waals surface area contributed by atoms with Gasteiger partial charge in [-0.25, -0.2) is 0 Å². The summed E-state index contributed by atoms with van der Waals surface area (Å²) < 4.78 is 45.2. The normalized spacial score (nSPS) is 11.2. The lowest BCUT2D eigenvalue weighted by Crippen LogP contribution is -2.16. The molecule has 2 aromatic rings. The maximum absolute atomic E-state index is 12.1. The van der Waals surface area contributed by atoms with Crippen LogP contribution in [0.5, 0.6) is 11.5 Å². The Morgan fingerprint density at radius 2 is 1.65 bits per heavy atom. The number of benzene rings is 2. The Kier molecular flexibility index (Phi) is 3.74. The summed E-state index contributed by atoms with van der Waals surface area (Å²) in [5.41, 5.74) is 7.63. The molecule has 0 aliphatic carbocycles. The molecule has 0 aliphatic heterocycles. The third-order valence-electron chi connectivity index (χ3n) is 2.62. The number of hydrogen-bond donors (Lipinski definition) is 1. The van der Waals surface area contributed by atoms with Gasteiger partial charge in [-0.2, -0.15) is 0 Å². The SMILES string of the molecule is COc1ccc(N)cc1-c1ccc(OC(F)(F)F)cc1. The number of rotatable bonds is 3. The van der Waals surface area contributed by atoms with Gasteiger partial charge in [-0.3, -0.25) is 0 Å². The Bertz CT molecular complexity index is 594. The van der Waals surface area contributed by atoms with E-state index in [1.54, 1.807) is 18.2 Å². The van der Waals surface area contributed by atoms with Crippen LogP contribution in [0.3, 0.4) is 0 Å². The molecule has 0 unspecified atom stereocenters. The van der Waals surface area contributed by atoms with E-state index in [-0.39, 0.29) is 5.75 Å². The molecular weight excluding hydrogens is 271 g/mol. The minimum absolute atomic E-state index is 0.274. The van der Waals surface area contributed by atoms with Crippen molar-refractivity contribution in [3.8, 4) is 22.6 Å². The van der Waals surface area contributed by atoms with Crippen LogP contribution in [0.1, 0.15) is 0 Å². The summed E-state index contributed by atoms with van der Waals surface area (Å²) in [5, 5.41) is 0. The van der Waals surface area contributed by atoms with Gasteiger partial charge in [-0.1, -0.05) is 12.1 Å². The second kappa shape index (κ2) is 5.32. The Morgan fingerprint density at radius 3 is 2.20 bits per heavy atom. The number of ether oxygens (including phenoxy) is 2. The molecule has 2 N–H and O–H groups in total. The standard InChI is InChI=1S/C14H12F3NO2/c1-19-13-7-4-10(18)8-12(13)9-2-5-11(6-3-9)20-14(15,16)17/h2-8H,18H2,1H3. The molecule has 106 valence electrons. The van der Waals surface area contributed by atoms with Crippen LogP contribution >= 0.6 is 0 Å². The van der Waals surface area contributed by atoms with Gasteiger partial charge in [-0.15, -0.1) is 13.2 Å². The number of halogens is 3. The first-order valence-corrected chi connectivity index (χ1v) is 5.69. The van der Waals surface area contributed by atoms with Gasteiger partial charge in [0.1, 0.15) is 11.5 Å². The fourth-order valence-corrected chi connectivity index (χ4v) is 1.79. The molecule has 2 rings (SSSR count). The van der Waals surface area contributed by atoms with E-state index in [9.17, 15) is 13.2 Å². The van der Waals surface area contributed by atoms with Crippen molar-refractivity contribution in [2.24, 2.45) is 0 Å². The zero-order valence-electron chi connectivity index (χ0n) is 10.6. The molecular formula is C14H12F3NO2. The molecule has 20 heavy (non-hydrogen) atoms. The minimum Gasteiger partial charge on any atom is -0.496 e. The Labute approximate surface area is 113 Å². The zero-order valence-corrected chi connectivity index (χ0v) is 10.6. The highest BCUT2D eigenvalue weighted by molar-refractivity contribution is 5.74. The Morgan fingerprint density at radius 1 is 1.00 bits per heavy atom. The molecule has 0 aliphatic rings. The topological polar surface area (TPSA) is 44.5 Å². The van der Waals surface area contributed by atoms with Gasteiger partial charge in [-0.05, 0) is 35.9 Å². The van der Waals surface area contributed by atoms with Gasteiger partial charge >= 0.3 is 6.36 Å². The molecule has 2 aromatic carbocycles. The van der Waals surface area contributed by atoms with Crippen LogP contribution < -0.4 is 15.2 Å². The Hall–Kier alpha value is -2.37. The van der Waals surface area contributed by atoms with E-state index in [1.165, 1.54) is 31.4 Å². The largest absolute Gasteiger partial charge is 0.573 e. The molecule has 0 amide bonds. The van der Waals surface area contributed by atoms with Crippen molar-refractivity contribution in [3.05, 3.63) is 42.5 Å². The summed E-state index contributed by atoms with van der Waals surface area (Å²) >= 11 is 0. The van der Waals surface area contributed by atoms with Crippen LogP contribution in [0.2, 0.25) is 0 Å². The van der Waals surface area contributed by atoms with Gasteiger partial charge in [0.25, 0.3) is 0 Å². The molecule has 6 heteroatoms. The summed E-state index contributed by atoms with van der Waals surface area (Å²) in [6.07, 6.45) is -4.70. The summed E-state index contributed by atoms with van der Waals surface area (Å²) in [5.74, 6) is 0.313. The maximum Gasteiger partial charge on any atom is 0.573 e. The molecule has 3 nitrogen and oxygen atoms in total. The average Bonchev–Trinajstić information content (AvgIpc) is 2.38. The number of hydrogen-bond acceptors (Lipinski definition) is 3. The first-order chi connectivity index (χ1) is 9.39. The third kappa shape index (κ3) is 3.34. The van der Waals surface area contributed by atoms with Crippen molar-refractivity contribution in [2.75, 3.05) is 12.8 Å². The number of anilines is 1. The van der Waals surface area contributed by atoms with Crippen LogP contribution in [0, 0.1) is 0 Å². The van der Waals surface area contributed by atoms with Crippen molar-refractivity contribution in [1.29, 1.82) is 0 Å². The monoisotopic (exact) mass is 283 g/mol. The van der Waals surface area contributed by atoms with E-state index in [2.05, 4.69) is 4.74 Å². The van der Waals surface area contributed by atoms with E-state index in [0.29, 0.717) is 22.6 Å². The maximum atomic E-state index is 12.1. The average molecular weight is 283 g/mol. The second-order valence-corrected chi connectivity index (χ2v) is 4.03. The predicted octanol–water partition coefficient (Wildman–Crippen LogP) is 3.84. The van der Waals surface area contributed by atoms with Crippen LogP contribution in [0.15, 0.2) is 42.5 Å². The van der Waals surface area contributed by atoms with Gasteiger partial charge < -0.3 is 15.2 Å². The van der Waals surface area contributed by atoms with Crippen LogP contribution in [-0.4, -0.2) is 13.5 Å². The zero-order chi connectivity index (χ0) is 14.8. The summed E-state index contributed by atoms with van der Waals surface area (Å²) in [4.78, 5) is 0. The lowest BCUT2D eigenvalue weighted by atomic mass is 10.0. The van der Waals surface area contributed by atoms with Gasteiger partial charge in [0.2, 0.25) is 0 Å². The third-order valence-corrected chi connectivity index (χ3v) is 2.62. The molecule has 0 spiro atoms. The number of nitrogen functional groups attached to an aromatic ring is 1. The fraction of sp³-hybridized carbons (Fsp3) is 0.143. The highest BCUT2D eigenvalue weighted by atomic mass is 19.4. The molecule has 0 bridgehead atoms. The smallest absolute Gasteiger partial charge is 0.496 e. The van der Waals surface area contributed by atoms with Crippen molar-refractivity contribution in [2.45, 2.75) is 6.36 Å². The molecule has 0 saturated carbocycles. The van der Waals surface area contributed by atoms with Crippen molar-refractivity contribution in [1.82, 2.24) is 0 Å². The first-order valence-electron chi connectivity index (χ1n) is 5.69. The van der Waals surface area contributed by atoms with Gasteiger partial charge in [0.05, 0.1) is 7.11 Å². The van der Waals surface area contributed by atoms with Crippen LogP contribution in [0.25, 0.3) is 11.1 Å². The van der Waals surface area contributed by atoms with E-state index in [4.69, 9.17) is 10.5 Å². The van der Waals surface area contributed by atoms with Crippen LogP contribution in [-0.2, 0) is 0 Å². The van der Waals surface area contributed by atoms with Crippen LogP contribution in [0.4, 0.5) is 18.9 Å². The van der Waals surface area contributed by atoms with Gasteiger partial charge in [0, 0.05) is 11.3 Å². The van der Waals surface area contributed by atoms with E-state index in [1.807, 2.05) is 0 Å². The lowest BCUT2D eigenvalue weighted by Gasteiger charge is -2.11.